The summed E-state index contributed by atoms with van der Waals surface area (Å²) in [5.74, 6) is 0.135. The van der Waals surface area contributed by atoms with Crippen LogP contribution in [0.4, 0.5) is 0 Å². The maximum atomic E-state index is 9.69. The van der Waals surface area contributed by atoms with E-state index < -0.39 is 0 Å². The Bertz CT molecular complexity index is 333. The van der Waals surface area contributed by atoms with Gasteiger partial charge in [0.25, 0.3) is 0 Å². The number of phenolic OH excluding ortho intramolecular Hbond substituents is 1. The third-order valence-corrected chi connectivity index (χ3v) is 2.76. The molecular formula is C9H12BrClN2O. The summed E-state index contributed by atoms with van der Waals surface area (Å²) >= 11 is 9.03. The third kappa shape index (κ3) is 2.60. The Kier molecular flexibility index (Phi) is 4.19. The summed E-state index contributed by atoms with van der Waals surface area (Å²) in [7, 11) is 0. The van der Waals surface area contributed by atoms with Crippen molar-refractivity contribution in [1.29, 1.82) is 0 Å². The zero-order valence-electron chi connectivity index (χ0n) is 7.50. The van der Waals surface area contributed by atoms with Crippen LogP contribution < -0.4 is 11.5 Å². The summed E-state index contributed by atoms with van der Waals surface area (Å²) in [6, 6.07) is 2.99. The van der Waals surface area contributed by atoms with Gasteiger partial charge in [0.15, 0.2) is 0 Å². The van der Waals surface area contributed by atoms with E-state index in [1.54, 1.807) is 12.1 Å². The van der Waals surface area contributed by atoms with Crippen LogP contribution in [0.2, 0.25) is 5.02 Å². The van der Waals surface area contributed by atoms with Crippen LogP contribution >= 0.6 is 27.5 Å². The van der Waals surface area contributed by atoms with Crippen LogP contribution in [0.1, 0.15) is 18.0 Å². The summed E-state index contributed by atoms with van der Waals surface area (Å²) in [5, 5.41) is 10.2. The van der Waals surface area contributed by atoms with E-state index in [9.17, 15) is 5.11 Å². The molecule has 0 aliphatic carbocycles. The molecule has 0 saturated heterocycles. The average molecular weight is 280 g/mol. The van der Waals surface area contributed by atoms with Crippen molar-refractivity contribution in [3.05, 3.63) is 27.2 Å². The highest BCUT2D eigenvalue weighted by molar-refractivity contribution is 9.10. The maximum Gasteiger partial charge on any atom is 0.134 e. The lowest BCUT2D eigenvalue weighted by atomic mass is 10.0. The van der Waals surface area contributed by atoms with Gasteiger partial charge in [-0.25, -0.2) is 0 Å². The van der Waals surface area contributed by atoms with Gasteiger partial charge in [-0.15, -0.1) is 0 Å². The number of rotatable bonds is 3. The van der Waals surface area contributed by atoms with Crippen molar-refractivity contribution in [2.24, 2.45) is 11.5 Å². The Morgan fingerprint density at radius 3 is 2.71 bits per heavy atom. The first-order chi connectivity index (χ1) is 6.56. The first-order valence-electron chi connectivity index (χ1n) is 4.19. The SMILES string of the molecule is NCC[C@H](N)c1cc(Cl)cc(Br)c1O. The molecule has 3 nitrogen and oxygen atoms in total. The van der Waals surface area contributed by atoms with Crippen LogP contribution in [0.5, 0.6) is 5.75 Å². The Hall–Kier alpha value is -0.290. The lowest BCUT2D eigenvalue weighted by molar-refractivity contribution is 0.456. The molecule has 78 valence electrons. The Balaban J connectivity index is 3.07. The lowest BCUT2D eigenvalue weighted by Gasteiger charge is -2.13. The van der Waals surface area contributed by atoms with Crippen LogP contribution in [0, 0.1) is 0 Å². The Morgan fingerprint density at radius 2 is 2.14 bits per heavy atom. The molecule has 0 aliphatic heterocycles. The highest BCUT2D eigenvalue weighted by Crippen LogP contribution is 2.34. The van der Waals surface area contributed by atoms with Crippen molar-refractivity contribution in [3.8, 4) is 5.75 Å². The molecule has 1 rings (SSSR count). The number of nitrogens with two attached hydrogens (primary N) is 2. The van der Waals surface area contributed by atoms with Crippen LogP contribution in [-0.4, -0.2) is 11.7 Å². The maximum absolute atomic E-state index is 9.69. The minimum absolute atomic E-state index is 0.135. The van der Waals surface area contributed by atoms with Crippen molar-refractivity contribution in [1.82, 2.24) is 0 Å². The minimum atomic E-state index is -0.282. The molecule has 0 heterocycles. The summed E-state index contributed by atoms with van der Waals surface area (Å²) in [5.41, 5.74) is 11.8. The number of benzene rings is 1. The molecule has 0 aromatic heterocycles. The fraction of sp³-hybridized carbons (Fsp3) is 0.333. The van der Waals surface area contributed by atoms with Crippen molar-refractivity contribution in [2.75, 3.05) is 6.54 Å². The quantitative estimate of drug-likeness (QED) is 0.794. The molecule has 1 atom stereocenters. The number of halogens is 2. The van der Waals surface area contributed by atoms with Gasteiger partial charge in [0.05, 0.1) is 4.47 Å². The van der Waals surface area contributed by atoms with E-state index in [0.29, 0.717) is 28.0 Å². The predicted octanol–water partition coefficient (Wildman–Crippen LogP) is 2.16. The number of aromatic hydroxyl groups is 1. The van der Waals surface area contributed by atoms with Crippen LogP contribution in [0.3, 0.4) is 0 Å². The predicted molar refractivity (Wildman–Crippen MR) is 61.4 cm³/mol. The van der Waals surface area contributed by atoms with Crippen molar-refractivity contribution in [2.45, 2.75) is 12.5 Å². The van der Waals surface area contributed by atoms with Crippen molar-refractivity contribution < 1.29 is 5.11 Å². The molecule has 0 radical (unpaired) electrons. The normalized spacial score (nSPS) is 12.9. The van der Waals surface area contributed by atoms with Crippen LogP contribution in [0.15, 0.2) is 16.6 Å². The third-order valence-electron chi connectivity index (χ3n) is 1.93. The van der Waals surface area contributed by atoms with Crippen molar-refractivity contribution in [3.63, 3.8) is 0 Å². The highest BCUT2D eigenvalue weighted by Gasteiger charge is 2.13. The van der Waals surface area contributed by atoms with E-state index >= 15 is 0 Å². The zero-order chi connectivity index (χ0) is 10.7. The second-order valence-corrected chi connectivity index (χ2v) is 4.30. The molecule has 14 heavy (non-hydrogen) atoms. The van der Waals surface area contributed by atoms with E-state index in [2.05, 4.69) is 15.9 Å². The van der Waals surface area contributed by atoms with Gasteiger partial charge in [0.2, 0.25) is 0 Å². The monoisotopic (exact) mass is 278 g/mol. The Morgan fingerprint density at radius 1 is 1.50 bits per heavy atom. The van der Waals surface area contributed by atoms with Gasteiger partial charge in [0, 0.05) is 16.6 Å². The highest BCUT2D eigenvalue weighted by atomic mass is 79.9. The van der Waals surface area contributed by atoms with Gasteiger partial charge in [-0.2, -0.15) is 0 Å². The van der Waals surface area contributed by atoms with Crippen molar-refractivity contribution >= 4 is 27.5 Å². The number of phenols is 1. The molecule has 0 bridgehead atoms. The summed E-state index contributed by atoms with van der Waals surface area (Å²) in [6.45, 7) is 0.477. The molecule has 0 saturated carbocycles. The van der Waals surface area contributed by atoms with Crippen LogP contribution in [0.25, 0.3) is 0 Å². The van der Waals surface area contributed by atoms with Gasteiger partial charge >= 0.3 is 0 Å². The summed E-state index contributed by atoms with van der Waals surface area (Å²) in [6.07, 6.45) is 0.611. The number of hydrogen-bond acceptors (Lipinski definition) is 3. The lowest BCUT2D eigenvalue weighted by Crippen LogP contribution is -2.15. The molecule has 0 unspecified atom stereocenters. The second kappa shape index (κ2) is 4.98. The molecule has 0 spiro atoms. The number of hydrogen-bond donors (Lipinski definition) is 3. The molecule has 1 aromatic rings. The fourth-order valence-electron chi connectivity index (χ4n) is 1.20. The van der Waals surface area contributed by atoms with E-state index in [0.717, 1.165) is 0 Å². The first kappa shape index (κ1) is 11.8. The van der Waals surface area contributed by atoms with Gasteiger partial charge < -0.3 is 16.6 Å². The molecule has 1 aromatic carbocycles. The second-order valence-electron chi connectivity index (χ2n) is 3.01. The minimum Gasteiger partial charge on any atom is -0.506 e. The molecular weight excluding hydrogens is 267 g/mol. The summed E-state index contributed by atoms with van der Waals surface area (Å²) in [4.78, 5) is 0. The van der Waals surface area contributed by atoms with E-state index in [1.807, 2.05) is 0 Å². The van der Waals surface area contributed by atoms with Crippen LogP contribution in [-0.2, 0) is 0 Å². The average Bonchev–Trinajstić information content (AvgIpc) is 2.11. The smallest absolute Gasteiger partial charge is 0.134 e. The molecule has 5 heteroatoms. The molecule has 0 amide bonds. The van der Waals surface area contributed by atoms with E-state index in [-0.39, 0.29) is 11.8 Å². The first-order valence-corrected chi connectivity index (χ1v) is 5.37. The fourth-order valence-corrected chi connectivity index (χ4v) is 2.04. The Labute approximate surface area is 96.2 Å². The van der Waals surface area contributed by atoms with E-state index in [4.69, 9.17) is 23.1 Å². The van der Waals surface area contributed by atoms with Gasteiger partial charge in [-0.05, 0) is 41.0 Å². The standard InChI is InChI=1S/C9H12BrClN2O/c10-7-4-5(11)3-6(9(7)14)8(13)1-2-12/h3-4,8,14H,1-2,12-13H2/t8-/m0/s1. The van der Waals surface area contributed by atoms with E-state index in [1.165, 1.54) is 0 Å². The molecule has 0 fully saturated rings. The van der Waals surface area contributed by atoms with Gasteiger partial charge in [0.1, 0.15) is 5.75 Å². The van der Waals surface area contributed by atoms with Gasteiger partial charge in [-0.1, -0.05) is 11.6 Å². The molecule has 5 N–H and O–H groups in total. The largest absolute Gasteiger partial charge is 0.506 e. The van der Waals surface area contributed by atoms with Gasteiger partial charge in [-0.3, -0.25) is 0 Å². The zero-order valence-corrected chi connectivity index (χ0v) is 9.85. The molecule has 0 aliphatic rings. The summed E-state index contributed by atoms with van der Waals surface area (Å²) < 4.78 is 0.549. The topological polar surface area (TPSA) is 72.3 Å².